The van der Waals surface area contributed by atoms with Gasteiger partial charge in [-0.3, -0.25) is 0 Å². The molecule has 3 nitrogen and oxygen atoms in total. The standard InChI is InChI=1S/C15H24N2O/c16-9-10-17-14-7-4-8-15(11-14)18-12-13-5-2-1-3-6-13/h4,7-8,11,13,17H,1-3,5-6,9-10,12,16H2/p+1. The Bertz CT molecular complexity index is 348. The van der Waals surface area contributed by atoms with E-state index in [2.05, 4.69) is 23.2 Å². The molecule has 0 amide bonds. The first-order chi connectivity index (χ1) is 8.88. The maximum absolute atomic E-state index is 5.91. The van der Waals surface area contributed by atoms with E-state index < -0.39 is 0 Å². The summed E-state index contributed by atoms with van der Waals surface area (Å²) < 4.78 is 5.91. The number of benzene rings is 1. The SMILES string of the molecule is [NH3+]CCNc1cccc(OCC2CCCCC2)c1. The Kier molecular flexibility index (Phi) is 5.34. The van der Waals surface area contributed by atoms with E-state index in [9.17, 15) is 0 Å². The lowest BCUT2D eigenvalue weighted by molar-refractivity contribution is -0.362. The molecular formula is C15H25N2O+. The van der Waals surface area contributed by atoms with Gasteiger partial charge in [0.2, 0.25) is 0 Å². The van der Waals surface area contributed by atoms with E-state index in [-0.39, 0.29) is 0 Å². The highest BCUT2D eigenvalue weighted by atomic mass is 16.5. The summed E-state index contributed by atoms with van der Waals surface area (Å²) in [6, 6.07) is 8.24. The van der Waals surface area contributed by atoms with Crippen LogP contribution >= 0.6 is 0 Å². The summed E-state index contributed by atoms with van der Waals surface area (Å²) in [6.07, 6.45) is 6.82. The maximum Gasteiger partial charge on any atom is 0.121 e. The number of quaternary nitrogens is 1. The summed E-state index contributed by atoms with van der Waals surface area (Å²) >= 11 is 0. The van der Waals surface area contributed by atoms with Crippen molar-refractivity contribution in [1.29, 1.82) is 0 Å². The second kappa shape index (κ2) is 7.27. The number of nitrogens with one attached hydrogen (secondary N) is 1. The lowest BCUT2D eigenvalue weighted by Gasteiger charge is -2.21. The Hall–Kier alpha value is -1.22. The van der Waals surface area contributed by atoms with E-state index in [0.717, 1.165) is 37.1 Å². The summed E-state index contributed by atoms with van der Waals surface area (Å²) in [6.45, 7) is 2.68. The molecule has 0 heterocycles. The van der Waals surface area contributed by atoms with Crippen LogP contribution in [0.15, 0.2) is 24.3 Å². The molecule has 0 atom stereocenters. The van der Waals surface area contributed by atoms with E-state index in [0.29, 0.717) is 0 Å². The third-order valence-corrected chi connectivity index (χ3v) is 3.55. The minimum Gasteiger partial charge on any atom is -0.493 e. The van der Waals surface area contributed by atoms with Crippen LogP contribution in [0.2, 0.25) is 0 Å². The van der Waals surface area contributed by atoms with Crippen LogP contribution in [0.1, 0.15) is 32.1 Å². The van der Waals surface area contributed by atoms with Crippen LogP contribution in [-0.4, -0.2) is 19.7 Å². The molecular weight excluding hydrogens is 224 g/mol. The lowest BCUT2D eigenvalue weighted by atomic mass is 9.90. The summed E-state index contributed by atoms with van der Waals surface area (Å²) in [7, 11) is 0. The summed E-state index contributed by atoms with van der Waals surface area (Å²) in [5, 5.41) is 3.33. The van der Waals surface area contributed by atoms with Crippen LogP contribution in [0, 0.1) is 5.92 Å². The quantitative estimate of drug-likeness (QED) is 0.812. The maximum atomic E-state index is 5.91. The fourth-order valence-electron chi connectivity index (χ4n) is 2.50. The molecule has 0 aliphatic heterocycles. The van der Waals surface area contributed by atoms with Gasteiger partial charge in [-0.05, 0) is 30.9 Å². The summed E-state index contributed by atoms with van der Waals surface area (Å²) in [5.41, 5.74) is 4.95. The van der Waals surface area contributed by atoms with Gasteiger partial charge in [0.1, 0.15) is 5.75 Å². The molecule has 3 heteroatoms. The topological polar surface area (TPSA) is 48.9 Å². The first-order valence-corrected chi connectivity index (χ1v) is 7.14. The Balaban J connectivity index is 1.80. The van der Waals surface area contributed by atoms with E-state index in [4.69, 9.17) is 4.74 Å². The number of hydrogen-bond acceptors (Lipinski definition) is 2. The van der Waals surface area contributed by atoms with Gasteiger partial charge in [-0.25, -0.2) is 0 Å². The molecule has 0 aromatic heterocycles. The third kappa shape index (κ3) is 4.22. The lowest BCUT2D eigenvalue weighted by Crippen LogP contribution is -2.53. The second-order valence-electron chi connectivity index (χ2n) is 5.12. The first kappa shape index (κ1) is 13.2. The van der Waals surface area contributed by atoms with Gasteiger partial charge < -0.3 is 15.8 Å². The predicted molar refractivity (Wildman–Crippen MR) is 74.8 cm³/mol. The van der Waals surface area contributed by atoms with Gasteiger partial charge in [0, 0.05) is 11.8 Å². The molecule has 2 rings (SSSR count). The van der Waals surface area contributed by atoms with Gasteiger partial charge in [-0.1, -0.05) is 25.3 Å². The highest BCUT2D eigenvalue weighted by Crippen LogP contribution is 2.25. The van der Waals surface area contributed by atoms with Crippen molar-refractivity contribution < 1.29 is 10.5 Å². The molecule has 18 heavy (non-hydrogen) atoms. The van der Waals surface area contributed by atoms with Crippen LogP contribution in [0.4, 0.5) is 5.69 Å². The number of ether oxygens (including phenoxy) is 1. The Morgan fingerprint density at radius 2 is 2.06 bits per heavy atom. The molecule has 0 bridgehead atoms. The van der Waals surface area contributed by atoms with Gasteiger partial charge in [0.05, 0.1) is 19.7 Å². The molecule has 0 saturated heterocycles. The molecule has 1 fully saturated rings. The van der Waals surface area contributed by atoms with Crippen LogP contribution < -0.4 is 15.8 Å². The normalized spacial score (nSPS) is 16.5. The van der Waals surface area contributed by atoms with Crippen molar-refractivity contribution in [2.24, 2.45) is 5.92 Å². The van der Waals surface area contributed by atoms with E-state index >= 15 is 0 Å². The Morgan fingerprint density at radius 1 is 1.22 bits per heavy atom. The zero-order valence-electron chi connectivity index (χ0n) is 11.2. The van der Waals surface area contributed by atoms with Crippen LogP contribution in [-0.2, 0) is 0 Å². The first-order valence-electron chi connectivity index (χ1n) is 7.14. The fourth-order valence-corrected chi connectivity index (χ4v) is 2.50. The predicted octanol–water partition coefficient (Wildman–Crippen LogP) is 2.30. The Morgan fingerprint density at radius 3 is 2.83 bits per heavy atom. The average Bonchev–Trinajstić information content (AvgIpc) is 2.44. The third-order valence-electron chi connectivity index (χ3n) is 3.55. The van der Waals surface area contributed by atoms with Gasteiger partial charge in [-0.2, -0.15) is 0 Å². The zero-order valence-corrected chi connectivity index (χ0v) is 11.2. The van der Waals surface area contributed by atoms with Crippen molar-refractivity contribution in [1.82, 2.24) is 0 Å². The van der Waals surface area contributed by atoms with Crippen molar-refractivity contribution in [2.45, 2.75) is 32.1 Å². The molecule has 1 saturated carbocycles. The van der Waals surface area contributed by atoms with E-state index in [1.807, 2.05) is 12.1 Å². The number of rotatable bonds is 6. The highest BCUT2D eigenvalue weighted by molar-refractivity contribution is 5.48. The minimum atomic E-state index is 0.759. The van der Waals surface area contributed by atoms with E-state index in [1.165, 1.54) is 32.1 Å². The molecule has 0 radical (unpaired) electrons. The molecule has 100 valence electrons. The smallest absolute Gasteiger partial charge is 0.121 e. The molecule has 4 N–H and O–H groups in total. The van der Waals surface area contributed by atoms with E-state index in [1.54, 1.807) is 0 Å². The minimum absolute atomic E-state index is 0.759. The van der Waals surface area contributed by atoms with Gasteiger partial charge >= 0.3 is 0 Å². The fraction of sp³-hybridized carbons (Fsp3) is 0.600. The molecule has 1 aliphatic rings. The highest BCUT2D eigenvalue weighted by Gasteiger charge is 2.13. The Labute approximate surface area is 110 Å². The van der Waals surface area contributed by atoms with Crippen LogP contribution in [0.3, 0.4) is 0 Å². The molecule has 1 aromatic rings. The van der Waals surface area contributed by atoms with Gasteiger partial charge in [0.25, 0.3) is 0 Å². The molecule has 0 unspecified atom stereocenters. The van der Waals surface area contributed by atoms with Gasteiger partial charge in [0.15, 0.2) is 0 Å². The van der Waals surface area contributed by atoms with Crippen molar-refractivity contribution in [3.8, 4) is 5.75 Å². The van der Waals surface area contributed by atoms with Crippen molar-refractivity contribution in [3.05, 3.63) is 24.3 Å². The molecule has 1 aromatic carbocycles. The zero-order chi connectivity index (χ0) is 12.6. The summed E-state index contributed by atoms with van der Waals surface area (Å²) in [5.74, 6) is 1.74. The monoisotopic (exact) mass is 249 g/mol. The molecule has 0 spiro atoms. The summed E-state index contributed by atoms with van der Waals surface area (Å²) in [4.78, 5) is 0. The number of hydrogen-bond donors (Lipinski definition) is 2. The largest absolute Gasteiger partial charge is 0.493 e. The van der Waals surface area contributed by atoms with Crippen LogP contribution in [0.25, 0.3) is 0 Å². The molecule has 1 aliphatic carbocycles. The van der Waals surface area contributed by atoms with Crippen molar-refractivity contribution in [2.75, 3.05) is 25.0 Å². The van der Waals surface area contributed by atoms with Crippen LogP contribution in [0.5, 0.6) is 5.75 Å². The average molecular weight is 249 g/mol. The second-order valence-corrected chi connectivity index (χ2v) is 5.12. The van der Waals surface area contributed by atoms with Crippen molar-refractivity contribution in [3.63, 3.8) is 0 Å². The van der Waals surface area contributed by atoms with Crippen molar-refractivity contribution >= 4 is 5.69 Å². The van der Waals surface area contributed by atoms with Gasteiger partial charge in [-0.15, -0.1) is 0 Å². The number of anilines is 1.